The van der Waals surface area contributed by atoms with E-state index in [0.29, 0.717) is 46.2 Å². The largest absolute Gasteiger partial charge is 0.496 e. The molecule has 0 spiro atoms. The second kappa shape index (κ2) is 7.68. The maximum Gasteiger partial charge on any atom is 0.261 e. The lowest BCUT2D eigenvalue weighted by Crippen LogP contribution is -2.31. The fourth-order valence-corrected chi connectivity index (χ4v) is 3.89. The van der Waals surface area contributed by atoms with Gasteiger partial charge in [-0.3, -0.25) is 9.59 Å². The lowest BCUT2D eigenvalue weighted by atomic mass is 9.93. The minimum Gasteiger partial charge on any atom is -0.496 e. The molecule has 0 N–H and O–H groups in total. The van der Waals surface area contributed by atoms with Gasteiger partial charge in [-0.05, 0) is 62.1 Å². The average molecular weight is 398 g/mol. The molecule has 1 heterocycles. The van der Waals surface area contributed by atoms with E-state index in [1.807, 2.05) is 12.1 Å². The minimum atomic E-state index is -0.202. The van der Waals surface area contributed by atoms with Crippen LogP contribution in [0, 0.1) is 0 Å². The van der Waals surface area contributed by atoms with Crippen molar-refractivity contribution in [3.63, 3.8) is 0 Å². The number of anilines is 1. The number of nitrogens with zero attached hydrogens (tertiary/aromatic N) is 1. The predicted molar refractivity (Wildman–Crippen MR) is 107 cm³/mol. The maximum absolute atomic E-state index is 12.8. The lowest BCUT2D eigenvalue weighted by Gasteiger charge is -2.18. The van der Waals surface area contributed by atoms with Crippen LogP contribution in [-0.4, -0.2) is 18.9 Å². The Labute approximate surface area is 168 Å². The first-order valence-electron chi connectivity index (χ1n) is 9.24. The van der Waals surface area contributed by atoms with Crippen molar-refractivity contribution in [3.8, 4) is 11.5 Å². The fraction of sp³-hybridized carbons (Fsp3) is 0.273. The Morgan fingerprint density at radius 3 is 2.36 bits per heavy atom. The molecule has 2 amide bonds. The highest BCUT2D eigenvalue weighted by Gasteiger charge is 2.39. The summed E-state index contributed by atoms with van der Waals surface area (Å²) in [6.07, 6.45) is 3.26. The zero-order valence-electron chi connectivity index (χ0n) is 15.5. The number of amides is 2. The van der Waals surface area contributed by atoms with Gasteiger partial charge in [0.1, 0.15) is 18.1 Å². The van der Waals surface area contributed by atoms with Gasteiger partial charge in [-0.25, -0.2) is 4.90 Å². The van der Waals surface area contributed by atoms with Crippen molar-refractivity contribution in [2.75, 3.05) is 12.0 Å². The van der Waals surface area contributed by atoms with Gasteiger partial charge in [-0.1, -0.05) is 17.7 Å². The molecule has 2 aromatic carbocycles. The van der Waals surface area contributed by atoms with Crippen LogP contribution in [0.3, 0.4) is 0 Å². The number of imide groups is 1. The van der Waals surface area contributed by atoms with Crippen LogP contribution in [0.25, 0.3) is 0 Å². The lowest BCUT2D eigenvalue weighted by molar-refractivity contribution is -0.120. The van der Waals surface area contributed by atoms with Crippen LogP contribution in [0.1, 0.15) is 31.2 Å². The van der Waals surface area contributed by atoms with E-state index in [1.165, 1.54) is 4.90 Å². The summed E-state index contributed by atoms with van der Waals surface area (Å²) in [5.74, 6) is 0.853. The molecule has 4 rings (SSSR count). The molecule has 0 saturated carbocycles. The first-order valence-corrected chi connectivity index (χ1v) is 9.62. The zero-order valence-corrected chi connectivity index (χ0v) is 16.3. The Morgan fingerprint density at radius 2 is 1.71 bits per heavy atom. The quantitative estimate of drug-likeness (QED) is 0.688. The highest BCUT2D eigenvalue weighted by Crippen LogP contribution is 2.37. The van der Waals surface area contributed by atoms with Gasteiger partial charge in [0.05, 0.1) is 12.8 Å². The second-order valence-corrected chi connectivity index (χ2v) is 7.29. The van der Waals surface area contributed by atoms with Crippen LogP contribution in [0.2, 0.25) is 5.02 Å². The van der Waals surface area contributed by atoms with Crippen molar-refractivity contribution in [3.05, 3.63) is 64.2 Å². The number of ether oxygens (including phenoxy) is 2. The van der Waals surface area contributed by atoms with Gasteiger partial charge in [-0.2, -0.15) is 0 Å². The van der Waals surface area contributed by atoms with Gasteiger partial charge in [0.25, 0.3) is 11.8 Å². The number of carbonyl (C=O) groups is 2. The highest BCUT2D eigenvalue weighted by atomic mass is 35.5. The molecule has 1 aliphatic carbocycles. The van der Waals surface area contributed by atoms with E-state index in [4.69, 9.17) is 21.1 Å². The Bertz CT molecular complexity index is 954. The normalized spacial score (nSPS) is 16.4. The van der Waals surface area contributed by atoms with Crippen molar-refractivity contribution in [1.82, 2.24) is 0 Å². The Hall–Kier alpha value is -2.79. The van der Waals surface area contributed by atoms with Crippen molar-refractivity contribution in [2.45, 2.75) is 32.3 Å². The minimum absolute atomic E-state index is 0.202. The molecule has 0 atom stereocenters. The predicted octanol–water partition coefficient (Wildman–Crippen LogP) is 4.67. The van der Waals surface area contributed by atoms with Crippen LogP contribution in [0.15, 0.2) is 53.6 Å². The third kappa shape index (κ3) is 3.38. The summed E-state index contributed by atoms with van der Waals surface area (Å²) in [6, 6.07) is 12.4. The first-order chi connectivity index (χ1) is 13.6. The van der Waals surface area contributed by atoms with Gasteiger partial charge in [0.15, 0.2) is 0 Å². The number of carbonyl (C=O) groups excluding carboxylic acids is 2. The second-order valence-electron chi connectivity index (χ2n) is 6.85. The molecule has 2 aliphatic rings. The molecule has 144 valence electrons. The van der Waals surface area contributed by atoms with Crippen molar-refractivity contribution >= 4 is 29.1 Å². The van der Waals surface area contributed by atoms with Gasteiger partial charge < -0.3 is 9.47 Å². The summed E-state index contributed by atoms with van der Waals surface area (Å²) >= 11 is 6.00. The Kier molecular flexibility index (Phi) is 5.09. The van der Waals surface area contributed by atoms with Gasteiger partial charge in [-0.15, -0.1) is 0 Å². The molecular formula is C22H20ClNO4. The number of halogens is 1. The molecule has 0 bridgehead atoms. The van der Waals surface area contributed by atoms with E-state index in [2.05, 4.69) is 0 Å². The van der Waals surface area contributed by atoms with Crippen LogP contribution < -0.4 is 14.4 Å². The molecule has 0 radical (unpaired) electrons. The summed E-state index contributed by atoms with van der Waals surface area (Å²) in [7, 11) is 1.57. The molecule has 0 saturated heterocycles. The molecule has 2 aromatic rings. The van der Waals surface area contributed by atoms with Gasteiger partial charge in [0.2, 0.25) is 0 Å². The van der Waals surface area contributed by atoms with E-state index in [0.717, 1.165) is 18.4 Å². The fourth-order valence-electron chi connectivity index (χ4n) is 3.71. The number of hydrogen-bond acceptors (Lipinski definition) is 4. The van der Waals surface area contributed by atoms with Crippen LogP contribution in [-0.2, 0) is 16.2 Å². The molecular weight excluding hydrogens is 378 g/mol. The molecule has 6 heteroatoms. The molecule has 0 aromatic heterocycles. The summed E-state index contributed by atoms with van der Waals surface area (Å²) in [6.45, 7) is 0.223. The summed E-state index contributed by atoms with van der Waals surface area (Å²) in [5.41, 5.74) is 2.62. The molecule has 0 fully saturated rings. The van der Waals surface area contributed by atoms with Gasteiger partial charge in [0, 0.05) is 21.7 Å². The third-order valence-corrected chi connectivity index (χ3v) is 5.34. The van der Waals surface area contributed by atoms with Crippen LogP contribution >= 0.6 is 11.6 Å². The van der Waals surface area contributed by atoms with E-state index in [-0.39, 0.29) is 18.4 Å². The average Bonchev–Trinajstić information content (AvgIpc) is 2.97. The first kappa shape index (κ1) is 18.6. The third-order valence-electron chi connectivity index (χ3n) is 5.10. The topological polar surface area (TPSA) is 55.8 Å². The van der Waals surface area contributed by atoms with Crippen LogP contribution in [0.4, 0.5) is 5.69 Å². The van der Waals surface area contributed by atoms with E-state index in [1.54, 1.807) is 37.4 Å². The summed E-state index contributed by atoms with van der Waals surface area (Å²) in [5, 5.41) is 0.586. The summed E-state index contributed by atoms with van der Waals surface area (Å²) < 4.78 is 11.2. The monoisotopic (exact) mass is 397 g/mol. The number of benzene rings is 2. The number of methoxy groups -OCH3 is 1. The van der Waals surface area contributed by atoms with Crippen LogP contribution in [0.5, 0.6) is 11.5 Å². The highest BCUT2D eigenvalue weighted by molar-refractivity contribution is 6.33. The van der Waals surface area contributed by atoms with Crippen molar-refractivity contribution in [2.24, 2.45) is 0 Å². The van der Waals surface area contributed by atoms with Crippen molar-refractivity contribution < 1.29 is 19.1 Å². The molecule has 28 heavy (non-hydrogen) atoms. The number of hydrogen-bond donors (Lipinski definition) is 0. The standard InChI is InChI=1S/C22H20ClNO4/c1-27-20-10-9-16(11-14(20)13-28-17-6-4-5-15(23)12-17)24-21(25)18-7-2-3-8-19(18)22(24)26/h4-6,9-12H,2-3,7-8,13H2,1H3. The van der Waals surface area contributed by atoms with E-state index in [9.17, 15) is 9.59 Å². The Balaban J connectivity index is 1.60. The smallest absolute Gasteiger partial charge is 0.261 e. The maximum atomic E-state index is 12.8. The zero-order chi connectivity index (χ0) is 19.7. The SMILES string of the molecule is COc1ccc(N2C(=O)C3=C(CCCC3)C2=O)cc1COc1cccc(Cl)c1. The molecule has 0 unspecified atom stereocenters. The molecule has 5 nitrogen and oxygen atoms in total. The van der Waals surface area contributed by atoms with E-state index < -0.39 is 0 Å². The number of rotatable bonds is 5. The summed E-state index contributed by atoms with van der Waals surface area (Å²) in [4.78, 5) is 26.9. The Morgan fingerprint density at radius 1 is 1.00 bits per heavy atom. The van der Waals surface area contributed by atoms with E-state index >= 15 is 0 Å². The molecule has 1 aliphatic heterocycles. The van der Waals surface area contributed by atoms with Crippen molar-refractivity contribution in [1.29, 1.82) is 0 Å². The van der Waals surface area contributed by atoms with Gasteiger partial charge >= 0.3 is 0 Å².